The predicted octanol–water partition coefficient (Wildman–Crippen LogP) is 1.59. The van der Waals surface area contributed by atoms with E-state index >= 15 is 0 Å². The van der Waals surface area contributed by atoms with E-state index in [2.05, 4.69) is 12.2 Å². The fourth-order valence-electron chi connectivity index (χ4n) is 1.45. The zero-order valence-corrected chi connectivity index (χ0v) is 11.2. The number of esters is 1. The van der Waals surface area contributed by atoms with Crippen molar-refractivity contribution in [3.8, 4) is 0 Å². The standard InChI is InChI=1S/C12H25NO3/c1-7-8(2)11(12(14)16-6)13-9(3)10(4)15-5/h8-11,13H,7H2,1-6H3. The number of carbonyl (C=O) groups excluding carboxylic acids is 1. The van der Waals surface area contributed by atoms with Crippen molar-refractivity contribution in [1.29, 1.82) is 0 Å². The number of hydrogen-bond donors (Lipinski definition) is 1. The third-order valence-electron chi connectivity index (χ3n) is 3.19. The molecule has 0 saturated heterocycles. The molecule has 0 aliphatic rings. The lowest BCUT2D eigenvalue weighted by atomic mass is 9.98. The molecule has 4 unspecified atom stereocenters. The van der Waals surface area contributed by atoms with Gasteiger partial charge in [-0.2, -0.15) is 0 Å². The quantitative estimate of drug-likeness (QED) is 0.676. The highest BCUT2D eigenvalue weighted by Gasteiger charge is 2.27. The van der Waals surface area contributed by atoms with Gasteiger partial charge < -0.3 is 9.47 Å². The van der Waals surface area contributed by atoms with Gasteiger partial charge in [0.2, 0.25) is 0 Å². The van der Waals surface area contributed by atoms with E-state index < -0.39 is 0 Å². The van der Waals surface area contributed by atoms with Crippen LogP contribution in [-0.4, -0.2) is 38.4 Å². The van der Waals surface area contributed by atoms with Crippen molar-refractivity contribution in [3.05, 3.63) is 0 Å². The van der Waals surface area contributed by atoms with E-state index in [9.17, 15) is 4.79 Å². The van der Waals surface area contributed by atoms with Gasteiger partial charge in [-0.25, -0.2) is 0 Å². The largest absolute Gasteiger partial charge is 0.468 e. The third-order valence-corrected chi connectivity index (χ3v) is 3.19. The smallest absolute Gasteiger partial charge is 0.323 e. The first kappa shape index (κ1) is 15.4. The van der Waals surface area contributed by atoms with Gasteiger partial charge in [0.15, 0.2) is 0 Å². The molecule has 0 bridgehead atoms. The molecular formula is C12H25NO3. The van der Waals surface area contributed by atoms with Gasteiger partial charge in [-0.05, 0) is 19.8 Å². The van der Waals surface area contributed by atoms with E-state index in [1.807, 2.05) is 20.8 Å². The number of methoxy groups -OCH3 is 2. The summed E-state index contributed by atoms with van der Waals surface area (Å²) in [6.07, 6.45) is 0.997. The van der Waals surface area contributed by atoms with Crippen LogP contribution >= 0.6 is 0 Å². The van der Waals surface area contributed by atoms with E-state index in [0.717, 1.165) is 6.42 Å². The van der Waals surface area contributed by atoms with Gasteiger partial charge in [0.1, 0.15) is 6.04 Å². The summed E-state index contributed by atoms with van der Waals surface area (Å²) >= 11 is 0. The van der Waals surface area contributed by atoms with Crippen LogP contribution in [0.1, 0.15) is 34.1 Å². The van der Waals surface area contributed by atoms with Gasteiger partial charge in [0, 0.05) is 13.2 Å². The van der Waals surface area contributed by atoms with Gasteiger partial charge in [0.05, 0.1) is 13.2 Å². The zero-order valence-electron chi connectivity index (χ0n) is 11.2. The summed E-state index contributed by atoms with van der Waals surface area (Å²) < 4.78 is 10.0. The molecule has 4 heteroatoms. The highest BCUT2D eigenvalue weighted by Crippen LogP contribution is 2.11. The Morgan fingerprint density at radius 1 is 1.25 bits per heavy atom. The summed E-state index contributed by atoms with van der Waals surface area (Å²) in [5.41, 5.74) is 0. The molecule has 0 aromatic heterocycles. The maximum atomic E-state index is 11.6. The van der Waals surface area contributed by atoms with E-state index in [1.54, 1.807) is 7.11 Å². The molecule has 0 saturated carbocycles. The normalized spacial score (nSPS) is 18.6. The number of ether oxygens (including phenoxy) is 2. The van der Waals surface area contributed by atoms with Crippen molar-refractivity contribution in [2.45, 2.75) is 52.3 Å². The average molecular weight is 231 g/mol. The molecule has 1 N–H and O–H groups in total. The van der Waals surface area contributed by atoms with Gasteiger partial charge in [0.25, 0.3) is 0 Å². The minimum Gasteiger partial charge on any atom is -0.468 e. The lowest BCUT2D eigenvalue weighted by Gasteiger charge is -2.28. The Bertz CT molecular complexity index is 208. The van der Waals surface area contributed by atoms with E-state index in [1.165, 1.54) is 7.11 Å². The monoisotopic (exact) mass is 231 g/mol. The second-order valence-corrected chi connectivity index (χ2v) is 4.28. The topological polar surface area (TPSA) is 47.6 Å². The summed E-state index contributed by atoms with van der Waals surface area (Å²) in [7, 11) is 3.09. The summed E-state index contributed by atoms with van der Waals surface area (Å²) in [6, 6.07) is -0.148. The van der Waals surface area contributed by atoms with Crippen LogP contribution in [-0.2, 0) is 14.3 Å². The minimum atomic E-state index is -0.261. The van der Waals surface area contributed by atoms with Crippen LogP contribution in [0, 0.1) is 5.92 Å². The first-order valence-corrected chi connectivity index (χ1v) is 5.84. The predicted molar refractivity (Wildman–Crippen MR) is 64.3 cm³/mol. The van der Waals surface area contributed by atoms with Crippen molar-refractivity contribution < 1.29 is 14.3 Å². The van der Waals surface area contributed by atoms with E-state index in [0.29, 0.717) is 0 Å². The van der Waals surface area contributed by atoms with Crippen LogP contribution in [0.15, 0.2) is 0 Å². The molecule has 96 valence electrons. The molecule has 4 atom stereocenters. The molecule has 0 spiro atoms. The molecule has 0 aromatic carbocycles. The molecule has 0 fully saturated rings. The Morgan fingerprint density at radius 2 is 1.81 bits per heavy atom. The summed E-state index contributed by atoms with van der Waals surface area (Å²) in [4.78, 5) is 11.6. The van der Waals surface area contributed by atoms with Crippen molar-refractivity contribution >= 4 is 5.97 Å². The SMILES string of the molecule is CCC(C)C(NC(C)C(C)OC)C(=O)OC. The molecule has 0 aliphatic heterocycles. The van der Waals surface area contributed by atoms with Crippen molar-refractivity contribution in [1.82, 2.24) is 5.32 Å². The highest BCUT2D eigenvalue weighted by atomic mass is 16.5. The fourth-order valence-corrected chi connectivity index (χ4v) is 1.45. The van der Waals surface area contributed by atoms with Crippen LogP contribution in [0.5, 0.6) is 0 Å². The van der Waals surface area contributed by atoms with Gasteiger partial charge in [-0.15, -0.1) is 0 Å². The molecule has 0 aliphatic carbocycles. The summed E-state index contributed by atoms with van der Waals surface area (Å²) in [5.74, 6) is 0.0449. The zero-order chi connectivity index (χ0) is 12.7. The molecular weight excluding hydrogens is 206 g/mol. The number of nitrogens with one attached hydrogen (secondary N) is 1. The molecule has 0 rings (SSSR count). The van der Waals surface area contributed by atoms with Crippen molar-refractivity contribution in [2.24, 2.45) is 5.92 Å². The summed E-state index contributed by atoms with van der Waals surface area (Å²) in [6.45, 7) is 8.08. The molecule has 0 heterocycles. The van der Waals surface area contributed by atoms with E-state index in [-0.39, 0.29) is 30.1 Å². The molecule has 0 radical (unpaired) electrons. The lowest BCUT2D eigenvalue weighted by molar-refractivity contribution is -0.145. The van der Waals surface area contributed by atoms with Crippen LogP contribution in [0.4, 0.5) is 0 Å². The van der Waals surface area contributed by atoms with Crippen molar-refractivity contribution in [3.63, 3.8) is 0 Å². The Hall–Kier alpha value is -0.610. The average Bonchev–Trinajstić information content (AvgIpc) is 2.32. The van der Waals surface area contributed by atoms with Crippen molar-refractivity contribution in [2.75, 3.05) is 14.2 Å². The maximum Gasteiger partial charge on any atom is 0.323 e. The molecule has 0 amide bonds. The molecule has 16 heavy (non-hydrogen) atoms. The number of carbonyl (C=O) groups is 1. The Labute approximate surface area is 98.7 Å². The Morgan fingerprint density at radius 3 is 2.19 bits per heavy atom. The van der Waals surface area contributed by atoms with Gasteiger partial charge >= 0.3 is 5.97 Å². The Balaban J connectivity index is 4.48. The van der Waals surface area contributed by atoms with Crippen LogP contribution < -0.4 is 5.32 Å². The molecule has 4 nitrogen and oxygen atoms in total. The second kappa shape index (κ2) is 7.63. The Kier molecular flexibility index (Phi) is 7.34. The second-order valence-electron chi connectivity index (χ2n) is 4.28. The lowest BCUT2D eigenvalue weighted by Crippen LogP contribution is -2.50. The summed E-state index contributed by atoms with van der Waals surface area (Å²) in [5, 5.41) is 3.27. The first-order chi connectivity index (χ1) is 7.47. The van der Waals surface area contributed by atoms with E-state index in [4.69, 9.17) is 9.47 Å². The van der Waals surface area contributed by atoms with Gasteiger partial charge in [-0.1, -0.05) is 20.3 Å². The highest BCUT2D eigenvalue weighted by molar-refractivity contribution is 5.76. The first-order valence-electron chi connectivity index (χ1n) is 5.84. The number of rotatable bonds is 7. The molecule has 0 aromatic rings. The maximum absolute atomic E-state index is 11.6. The fraction of sp³-hybridized carbons (Fsp3) is 0.917. The minimum absolute atomic E-state index is 0.0659. The van der Waals surface area contributed by atoms with Gasteiger partial charge in [-0.3, -0.25) is 10.1 Å². The third kappa shape index (κ3) is 4.49. The van der Waals surface area contributed by atoms with Crippen LogP contribution in [0.3, 0.4) is 0 Å². The van der Waals surface area contributed by atoms with Crippen LogP contribution in [0.2, 0.25) is 0 Å². The number of hydrogen-bond acceptors (Lipinski definition) is 4. The van der Waals surface area contributed by atoms with Crippen LogP contribution in [0.25, 0.3) is 0 Å².